The number of likely N-dealkylation sites (N-methyl/N-ethyl adjacent to an activating group) is 1. The number of anilines is 1. The van der Waals surface area contributed by atoms with Crippen molar-refractivity contribution in [1.29, 1.82) is 0 Å². The molecular weight excluding hydrogens is 396 g/mol. The summed E-state index contributed by atoms with van der Waals surface area (Å²) in [6.45, 7) is 5.42. The fourth-order valence-corrected chi connectivity index (χ4v) is 3.38. The van der Waals surface area contributed by atoms with E-state index in [1.165, 1.54) is 6.07 Å². The summed E-state index contributed by atoms with van der Waals surface area (Å²) >= 11 is 6.17. The number of ether oxygens (including phenoxy) is 1. The molecule has 9 nitrogen and oxygen atoms in total. The number of carbonyl (C=O) groups excluding carboxylic acids is 2. The van der Waals surface area contributed by atoms with Crippen molar-refractivity contribution in [2.45, 2.75) is 0 Å². The molecule has 3 amide bonds. The van der Waals surface area contributed by atoms with E-state index in [4.69, 9.17) is 27.8 Å². The Labute approximate surface area is 173 Å². The highest BCUT2D eigenvalue weighted by molar-refractivity contribution is 6.31. The molecule has 0 saturated carbocycles. The number of rotatable bonds is 7. The Bertz CT molecular complexity index is 892. The van der Waals surface area contributed by atoms with Crippen LogP contribution in [0.25, 0.3) is 11.3 Å². The van der Waals surface area contributed by atoms with Crippen molar-refractivity contribution in [1.82, 2.24) is 14.8 Å². The van der Waals surface area contributed by atoms with Gasteiger partial charge in [-0.3, -0.25) is 15.0 Å². The van der Waals surface area contributed by atoms with Gasteiger partial charge in [0, 0.05) is 43.3 Å². The summed E-state index contributed by atoms with van der Waals surface area (Å²) < 4.78 is 6.00. The van der Waals surface area contributed by atoms with Gasteiger partial charge in [0.05, 0.1) is 11.3 Å². The van der Waals surface area contributed by atoms with Crippen molar-refractivity contribution in [3.63, 3.8) is 0 Å². The summed E-state index contributed by atoms with van der Waals surface area (Å²) in [7, 11) is 2.12. The summed E-state index contributed by atoms with van der Waals surface area (Å²) in [5, 5.41) is 2.87. The summed E-state index contributed by atoms with van der Waals surface area (Å²) in [5.41, 5.74) is 11.9. The minimum atomic E-state index is -0.810. The zero-order valence-electron chi connectivity index (χ0n) is 16.2. The number of carbonyl (C=O) groups is 2. The Morgan fingerprint density at radius 3 is 2.59 bits per heavy atom. The first-order chi connectivity index (χ1) is 13.8. The van der Waals surface area contributed by atoms with Crippen molar-refractivity contribution in [3.05, 3.63) is 34.9 Å². The number of aromatic nitrogens is 1. The predicted molar refractivity (Wildman–Crippen MR) is 112 cm³/mol. The van der Waals surface area contributed by atoms with Gasteiger partial charge in [0.1, 0.15) is 18.2 Å². The molecule has 1 aromatic carbocycles. The Balaban J connectivity index is 1.78. The minimum absolute atomic E-state index is 0.113. The number of urea groups is 1. The number of halogens is 1. The number of nitrogens with zero attached hydrogens (tertiary/aromatic N) is 2. The fraction of sp³-hybridized carbons (Fsp3) is 0.368. The monoisotopic (exact) mass is 420 g/mol. The summed E-state index contributed by atoms with van der Waals surface area (Å²) in [6, 6.07) is 5.95. The van der Waals surface area contributed by atoms with Gasteiger partial charge in [0.25, 0.3) is 5.91 Å². The van der Waals surface area contributed by atoms with Crippen LogP contribution in [0.2, 0.25) is 5.02 Å². The van der Waals surface area contributed by atoms with E-state index in [2.05, 4.69) is 27.1 Å². The van der Waals surface area contributed by atoms with Crippen LogP contribution >= 0.6 is 11.6 Å². The van der Waals surface area contributed by atoms with Crippen molar-refractivity contribution in [3.8, 4) is 17.0 Å². The van der Waals surface area contributed by atoms with Crippen LogP contribution in [-0.2, 0) is 0 Å². The van der Waals surface area contributed by atoms with Crippen molar-refractivity contribution in [2.24, 2.45) is 11.5 Å². The second-order valence-electron chi connectivity index (χ2n) is 6.96. The molecule has 6 N–H and O–H groups in total. The molecule has 1 fully saturated rings. The lowest BCUT2D eigenvalue weighted by Gasteiger charge is -2.32. The van der Waals surface area contributed by atoms with Gasteiger partial charge in [-0.25, -0.2) is 4.79 Å². The number of amides is 3. The lowest BCUT2D eigenvalue weighted by atomic mass is 10.1. The lowest BCUT2D eigenvalue weighted by Crippen LogP contribution is -2.45. The lowest BCUT2D eigenvalue weighted by molar-refractivity contribution is 0.100. The number of nitrogens with two attached hydrogens (primary N) is 2. The smallest absolute Gasteiger partial charge is 0.317 e. The van der Waals surface area contributed by atoms with E-state index in [1.807, 2.05) is 0 Å². The molecule has 1 aliphatic rings. The molecule has 29 heavy (non-hydrogen) atoms. The normalized spacial score (nSPS) is 15.2. The van der Waals surface area contributed by atoms with Crippen molar-refractivity contribution >= 4 is 29.4 Å². The number of H-pyrrole nitrogens is 1. The van der Waals surface area contributed by atoms with Crippen LogP contribution in [0, 0.1) is 0 Å². The summed E-state index contributed by atoms with van der Waals surface area (Å²) in [4.78, 5) is 30.5. The highest BCUT2D eigenvalue weighted by atomic mass is 35.5. The van der Waals surface area contributed by atoms with E-state index in [0.29, 0.717) is 28.6 Å². The maximum atomic E-state index is 11.7. The third-order valence-electron chi connectivity index (χ3n) is 4.82. The molecule has 1 aliphatic heterocycles. The van der Waals surface area contributed by atoms with Crippen molar-refractivity contribution in [2.75, 3.05) is 51.7 Å². The van der Waals surface area contributed by atoms with Crippen molar-refractivity contribution < 1.29 is 14.3 Å². The SMILES string of the molecule is CN1CCN(CCOc2ccc(Cl)cc2-c2cc(C(N)=O)c(NC(N)=O)[nH]2)CC1. The molecule has 2 heterocycles. The number of hydrogen-bond donors (Lipinski definition) is 4. The minimum Gasteiger partial charge on any atom is -0.492 e. The maximum Gasteiger partial charge on any atom is 0.317 e. The van der Waals surface area contributed by atoms with E-state index in [-0.39, 0.29) is 11.4 Å². The third kappa shape index (κ3) is 5.41. The van der Waals surface area contributed by atoms with Gasteiger partial charge in [-0.05, 0) is 31.3 Å². The van der Waals surface area contributed by atoms with E-state index in [1.54, 1.807) is 18.2 Å². The van der Waals surface area contributed by atoms with E-state index in [9.17, 15) is 9.59 Å². The molecule has 1 saturated heterocycles. The average molecular weight is 421 g/mol. The largest absolute Gasteiger partial charge is 0.492 e. The molecular formula is C19H25ClN6O3. The highest BCUT2D eigenvalue weighted by Gasteiger charge is 2.18. The predicted octanol–water partition coefficient (Wildman–Crippen LogP) is 1.55. The highest BCUT2D eigenvalue weighted by Crippen LogP contribution is 2.34. The van der Waals surface area contributed by atoms with Gasteiger partial charge in [0.15, 0.2) is 0 Å². The first kappa shape index (κ1) is 21.0. The second kappa shape index (κ2) is 9.17. The van der Waals surface area contributed by atoms with Crippen LogP contribution in [0.15, 0.2) is 24.3 Å². The molecule has 0 atom stereocenters. The molecule has 0 radical (unpaired) electrons. The van der Waals surface area contributed by atoms with Crippen LogP contribution in [0.3, 0.4) is 0 Å². The van der Waals surface area contributed by atoms with Crippen LogP contribution < -0.4 is 21.5 Å². The zero-order valence-corrected chi connectivity index (χ0v) is 17.0. The number of benzene rings is 1. The van der Waals surface area contributed by atoms with Gasteiger partial charge < -0.3 is 26.1 Å². The Morgan fingerprint density at radius 2 is 1.93 bits per heavy atom. The van der Waals surface area contributed by atoms with Crippen LogP contribution in [0.1, 0.15) is 10.4 Å². The summed E-state index contributed by atoms with van der Waals surface area (Å²) in [6.07, 6.45) is 0. The molecule has 0 aliphatic carbocycles. The molecule has 156 valence electrons. The summed E-state index contributed by atoms with van der Waals surface area (Å²) in [5.74, 6) is 0.0330. The molecule has 0 unspecified atom stereocenters. The Hall–Kier alpha value is -2.75. The Kier molecular flexibility index (Phi) is 6.63. The van der Waals surface area contributed by atoms with Gasteiger partial charge >= 0.3 is 6.03 Å². The first-order valence-electron chi connectivity index (χ1n) is 9.26. The van der Waals surface area contributed by atoms with E-state index < -0.39 is 11.9 Å². The second-order valence-corrected chi connectivity index (χ2v) is 7.40. The first-order valence-corrected chi connectivity index (χ1v) is 9.64. The van der Waals surface area contributed by atoms with E-state index in [0.717, 1.165) is 32.7 Å². The topological polar surface area (TPSA) is 130 Å². The number of primary amides is 2. The average Bonchev–Trinajstić information content (AvgIpc) is 3.07. The molecule has 10 heteroatoms. The maximum absolute atomic E-state index is 11.7. The number of aromatic amines is 1. The number of piperazine rings is 1. The quantitative estimate of drug-likeness (QED) is 0.540. The molecule has 0 spiro atoms. The zero-order chi connectivity index (χ0) is 21.0. The van der Waals surface area contributed by atoms with E-state index >= 15 is 0 Å². The number of hydrogen-bond acceptors (Lipinski definition) is 5. The standard InChI is InChI=1S/C19H25ClN6O3/c1-25-4-6-26(7-5-25)8-9-29-16-3-2-12(20)10-13(16)15-11-14(17(21)27)18(23-15)24-19(22)28/h2-3,10-11,23H,4-9H2,1H3,(H2,21,27)(H3,22,24,28). The molecule has 2 aromatic rings. The Morgan fingerprint density at radius 1 is 1.21 bits per heavy atom. The van der Waals surface area contributed by atoms with Gasteiger partial charge in [-0.1, -0.05) is 11.6 Å². The van der Waals surface area contributed by atoms with Crippen LogP contribution in [-0.4, -0.2) is 73.1 Å². The third-order valence-corrected chi connectivity index (χ3v) is 5.06. The molecule has 0 bridgehead atoms. The van der Waals surface area contributed by atoms with Crippen LogP contribution in [0.4, 0.5) is 10.6 Å². The van der Waals surface area contributed by atoms with Gasteiger partial charge in [-0.2, -0.15) is 0 Å². The van der Waals surface area contributed by atoms with Gasteiger partial charge in [0.2, 0.25) is 0 Å². The fourth-order valence-electron chi connectivity index (χ4n) is 3.21. The molecule has 3 rings (SSSR count). The number of nitrogens with one attached hydrogen (secondary N) is 2. The van der Waals surface area contributed by atoms with Gasteiger partial charge in [-0.15, -0.1) is 0 Å². The van der Waals surface area contributed by atoms with Crippen LogP contribution in [0.5, 0.6) is 5.75 Å². The molecule has 1 aromatic heterocycles.